The van der Waals surface area contributed by atoms with Crippen LogP contribution in [0.15, 0.2) is 59.9 Å². The van der Waals surface area contributed by atoms with Gasteiger partial charge in [-0.2, -0.15) is 0 Å². The number of guanidine groups is 1. The highest BCUT2D eigenvalue weighted by Crippen LogP contribution is 2.14. The van der Waals surface area contributed by atoms with Crippen LogP contribution in [0.4, 0.5) is 0 Å². The van der Waals surface area contributed by atoms with E-state index in [2.05, 4.69) is 55.5 Å². The van der Waals surface area contributed by atoms with Crippen molar-refractivity contribution in [3.05, 3.63) is 66.0 Å². The summed E-state index contributed by atoms with van der Waals surface area (Å²) < 4.78 is 7.50. The zero-order valence-electron chi connectivity index (χ0n) is 16.0. The molecule has 1 aromatic heterocycles. The standard InChI is InChI=1S/C21H27N5O/c1-3-27-13-12-23-21(22-2)24-14-17-8-10-18(11-9-17)15-26-16-25-19-6-4-5-7-20(19)26/h4-11,16H,3,12-15H2,1-2H3,(H2,22,23,24). The highest BCUT2D eigenvalue weighted by molar-refractivity contribution is 5.79. The molecule has 0 radical (unpaired) electrons. The number of nitrogens with zero attached hydrogens (tertiary/aromatic N) is 3. The van der Waals surface area contributed by atoms with Gasteiger partial charge in [-0.15, -0.1) is 0 Å². The van der Waals surface area contributed by atoms with Crippen LogP contribution in [0.3, 0.4) is 0 Å². The molecule has 27 heavy (non-hydrogen) atoms. The number of nitrogens with one attached hydrogen (secondary N) is 2. The first-order chi connectivity index (χ1) is 13.3. The van der Waals surface area contributed by atoms with Gasteiger partial charge in [0, 0.05) is 33.3 Å². The molecule has 0 spiro atoms. The smallest absolute Gasteiger partial charge is 0.191 e. The summed E-state index contributed by atoms with van der Waals surface area (Å²) >= 11 is 0. The van der Waals surface area contributed by atoms with Crippen molar-refractivity contribution in [2.75, 3.05) is 26.8 Å². The lowest BCUT2D eigenvalue weighted by atomic mass is 10.1. The molecule has 1 heterocycles. The van der Waals surface area contributed by atoms with Crippen LogP contribution in [-0.2, 0) is 17.8 Å². The van der Waals surface area contributed by atoms with Crippen molar-refractivity contribution < 1.29 is 4.74 Å². The molecular weight excluding hydrogens is 338 g/mol. The van der Waals surface area contributed by atoms with Crippen molar-refractivity contribution in [1.29, 1.82) is 0 Å². The van der Waals surface area contributed by atoms with E-state index in [1.165, 1.54) is 11.1 Å². The molecule has 0 amide bonds. The highest BCUT2D eigenvalue weighted by Gasteiger charge is 2.03. The monoisotopic (exact) mass is 365 g/mol. The maximum atomic E-state index is 5.32. The van der Waals surface area contributed by atoms with Crippen LogP contribution in [0.25, 0.3) is 11.0 Å². The second-order valence-corrected chi connectivity index (χ2v) is 6.23. The Morgan fingerprint density at radius 2 is 1.85 bits per heavy atom. The van der Waals surface area contributed by atoms with Gasteiger partial charge in [0.2, 0.25) is 0 Å². The summed E-state index contributed by atoms with van der Waals surface area (Å²) in [6.45, 7) is 5.68. The summed E-state index contributed by atoms with van der Waals surface area (Å²) in [7, 11) is 1.77. The zero-order valence-corrected chi connectivity index (χ0v) is 16.0. The van der Waals surface area contributed by atoms with E-state index in [4.69, 9.17) is 4.74 Å². The number of para-hydroxylation sites is 2. The van der Waals surface area contributed by atoms with Gasteiger partial charge >= 0.3 is 0 Å². The Kier molecular flexibility index (Phi) is 6.82. The van der Waals surface area contributed by atoms with E-state index in [0.29, 0.717) is 6.61 Å². The molecule has 2 aromatic carbocycles. The van der Waals surface area contributed by atoms with Crippen LogP contribution in [0.5, 0.6) is 0 Å². The molecule has 0 aliphatic heterocycles. The molecule has 0 fully saturated rings. The molecule has 0 bridgehead atoms. The van der Waals surface area contributed by atoms with Crippen LogP contribution in [0, 0.1) is 0 Å². The first kappa shape index (κ1) is 18.9. The summed E-state index contributed by atoms with van der Waals surface area (Å²) in [6.07, 6.45) is 1.90. The van der Waals surface area contributed by atoms with E-state index in [1.807, 2.05) is 31.5 Å². The molecule has 0 saturated carbocycles. The minimum atomic E-state index is 0.675. The Morgan fingerprint density at radius 1 is 1.07 bits per heavy atom. The first-order valence-electron chi connectivity index (χ1n) is 9.30. The summed E-state index contributed by atoms with van der Waals surface area (Å²) in [6, 6.07) is 16.8. The Balaban J connectivity index is 1.52. The highest BCUT2D eigenvalue weighted by atomic mass is 16.5. The largest absolute Gasteiger partial charge is 0.380 e. The van der Waals surface area contributed by atoms with E-state index in [-0.39, 0.29) is 0 Å². The fraction of sp³-hybridized carbons (Fsp3) is 0.333. The Labute approximate surface area is 160 Å². The number of benzene rings is 2. The second kappa shape index (κ2) is 9.73. The third-order valence-corrected chi connectivity index (χ3v) is 4.33. The summed E-state index contributed by atoms with van der Waals surface area (Å²) in [5.41, 5.74) is 4.65. The predicted molar refractivity (Wildman–Crippen MR) is 110 cm³/mol. The Hall–Kier alpha value is -2.86. The van der Waals surface area contributed by atoms with Crippen molar-refractivity contribution in [3.63, 3.8) is 0 Å². The normalized spacial score (nSPS) is 11.7. The second-order valence-electron chi connectivity index (χ2n) is 6.23. The third-order valence-electron chi connectivity index (χ3n) is 4.33. The molecule has 3 aromatic rings. The van der Waals surface area contributed by atoms with E-state index in [9.17, 15) is 0 Å². The maximum absolute atomic E-state index is 5.32. The van der Waals surface area contributed by atoms with Crippen molar-refractivity contribution in [3.8, 4) is 0 Å². The van der Waals surface area contributed by atoms with Gasteiger partial charge in [0.05, 0.1) is 24.0 Å². The number of imidazole rings is 1. The van der Waals surface area contributed by atoms with E-state index in [0.717, 1.165) is 43.2 Å². The van der Waals surface area contributed by atoms with Crippen molar-refractivity contribution in [1.82, 2.24) is 20.2 Å². The van der Waals surface area contributed by atoms with Gasteiger partial charge in [0.1, 0.15) is 0 Å². The van der Waals surface area contributed by atoms with E-state index in [1.54, 1.807) is 7.05 Å². The van der Waals surface area contributed by atoms with Gasteiger partial charge in [-0.1, -0.05) is 36.4 Å². The third kappa shape index (κ3) is 5.31. The summed E-state index contributed by atoms with van der Waals surface area (Å²) in [4.78, 5) is 8.68. The van der Waals surface area contributed by atoms with Crippen molar-refractivity contribution in [2.24, 2.45) is 4.99 Å². The molecule has 0 atom stereocenters. The van der Waals surface area contributed by atoms with Gasteiger partial charge in [-0.05, 0) is 30.2 Å². The molecule has 6 heteroatoms. The molecule has 0 aliphatic carbocycles. The SMILES string of the molecule is CCOCCNC(=NC)NCc1ccc(Cn2cnc3ccccc32)cc1. The van der Waals surface area contributed by atoms with Gasteiger partial charge in [-0.3, -0.25) is 4.99 Å². The number of fused-ring (bicyclic) bond motifs is 1. The lowest BCUT2D eigenvalue weighted by Gasteiger charge is -2.12. The van der Waals surface area contributed by atoms with Crippen LogP contribution in [-0.4, -0.2) is 42.3 Å². The molecule has 2 N–H and O–H groups in total. The van der Waals surface area contributed by atoms with Gasteiger partial charge in [0.25, 0.3) is 0 Å². The number of hydrogen-bond acceptors (Lipinski definition) is 3. The molecule has 0 aliphatic rings. The zero-order chi connectivity index (χ0) is 18.9. The fourth-order valence-electron chi connectivity index (χ4n) is 2.89. The van der Waals surface area contributed by atoms with Crippen molar-refractivity contribution >= 4 is 17.0 Å². The first-order valence-corrected chi connectivity index (χ1v) is 9.30. The molecular formula is C21H27N5O. The van der Waals surface area contributed by atoms with Crippen LogP contribution >= 0.6 is 0 Å². The fourth-order valence-corrected chi connectivity index (χ4v) is 2.89. The number of rotatable bonds is 8. The van der Waals surface area contributed by atoms with Crippen LogP contribution in [0.2, 0.25) is 0 Å². The number of aromatic nitrogens is 2. The summed E-state index contributed by atoms with van der Waals surface area (Å²) in [5.74, 6) is 0.781. The minimum absolute atomic E-state index is 0.675. The predicted octanol–water partition coefficient (Wildman–Crippen LogP) is 2.79. The molecule has 142 valence electrons. The number of ether oxygens (including phenoxy) is 1. The van der Waals surface area contributed by atoms with Gasteiger partial charge in [0.15, 0.2) is 5.96 Å². The lowest BCUT2D eigenvalue weighted by Crippen LogP contribution is -2.38. The van der Waals surface area contributed by atoms with Crippen molar-refractivity contribution in [2.45, 2.75) is 20.0 Å². The molecule has 0 saturated heterocycles. The van der Waals surface area contributed by atoms with E-state index >= 15 is 0 Å². The van der Waals surface area contributed by atoms with Crippen LogP contribution in [0.1, 0.15) is 18.1 Å². The van der Waals surface area contributed by atoms with E-state index < -0.39 is 0 Å². The summed E-state index contributed by atoms with van der Waals surface area (Å²) in [5, 5.41) is 6.56. The lowest BCUT2D eigenvalue weighted by molar-refractivity contribution is 0.152. The topological polar surface area (TPSA) is 63.5 Å². The number of hydrogen-bond donors (Lipinski definition) is 2. The Morgan fingerprint density at radius 3 is 2.63 bits per heavy atom. The van der Waals surface area contributed by atoms with Gasteiger partial charge < -0.3 is 19.9 Å². The average molecular weight is 365 g/mol. The maximum Gasteiger partial charge on any atom is 0.191 e. The Bertz CT molecular complexity index is 870. The van der Waals surface area contributed by atoms with Gasteiger partial charge in [-0.25, -0.2) is 4.98 Å². The minimum Gasteiger partial charge on any atom is -0.380 e. The molecule has 0 unspecified atom stereocenters. The molecule has 6 nitrogen and oxygen atoms in total. The number of aliphatic imine (C=N–C) groups is 1. The van der Waals surface area contributed by atoms with Crippen LogP contribution < -0.4 is 10.6 Å². The quantitative estimate of drug-likeness (QED) is 0.366. The molecule has 3 rings (SSSR count). The average Bonchev–Trinajstić information content (AvgIpc) is 3.11.